The summed E-state index contributed by atoms with van der Waals surface area (Å²) in [6.07, 6.45) is 1.64. The summed E-state index contributed by atoms with van der Waals surface area (Å²) in [4.78, 5) is 15.5. The predicted octanol–water partition coefficient (Wildman–Crippen LogP) is 3.42. The van der Waals surface area contributed by atoms with Crippen LogP contribution in [0.2, 0.25) is 5.02 Å². The van der Waals surface area contributed by atoms with E-state index in [0.717, 1.165) is 5.56 Å². The Morgan fingerprint density at radius 2 is 2.25 bits per heavy atom. The van der Waals surface area contributed by atoms with E-state index in [1.54, 1.807) is 30.7 Å². The number of ether oxygens (including phenoxy) is 1. The minimum atomic E-state index is -0.432. The van der Waals surface area contributed by atoms with E-state index < -0.39 is 5.97 Å². The first kappa shape index (κ1) is 14.5. The number of hydrogen-bond acceptors (Lipinski definition) is 6. The van der Waals surface area contributed by atoms with E-state index in [1.165, 1.54) is 11.3 Å². The number of esters is 1. The van der Waals surface area contributed by atoms with Crippen LogP contribution in [0.25, 0.3) is 0 Å². The molecule has 0 aliphatic carbocycles. The second kappa shape index (κ2) is 7.02. The lowest BCUT2D eigenvalue weighted by molar-refractivity contribution is 0.0520. The van der Waals surface area contributed by atoms with Gasteiger partial charge in [0.2, 0.25) is 5.13 Å². The monoisotopic (exact) mass is 309 g/mol. The van der Waals surface area contributed by atoms with Crippen LogP contribution in [0.3, 0.4) is 0 Å². The summed E-state index contributed by atoms with van der Waals surface area (Å²) in [5, 5.41) is 6.86. The third-order valence-electron chi connectivity index (χ3n) is 2.23. The molecule has 0 aliphatic rings. The van der Waals surface area contributed by atoms with Gasteiger partial charge in [0.1, 0.15) is 0 Å². The van der Waals surface area contributed by atoms with Crippen LogP contribution in [-0.2, 0) is 4.74 Å². The molecule has 1 aromatic heterocycles. The van der Waals surface area contributed by atoms with E-state index in [4.69, 9.17) is 16.3 Å². The number of hydrogen-bond donors (Lipinski definition) is 1. The van der Waals surface area contributed by atoms with E-state index >= 15 is 0 Å². The van der Waals surface area contributed by atoms with Crippen LogP contribution in [0.15, 0.2) is 34.7 Å². The minimum absolute atomic E-state index is 0.279. The molecule has 1 N–H and O–H groups in total. The highest BCUT2D eigenvalue weighted by Crippen LogP contribution is 2.16. The lowest BCUT2D eigenvalue weighted by Crippen LogP contribution is -2.04. The summed E-state index contributed by atoms with van der Waals surface area (Å²) >= 11 is 7.07. The van der Waals surface area contributed by atoms with Gasteiger partial charge in [0.15, 0.2) is 5.69 Å². The number of carbonyl (C=O) groups excluding carboxylic acids is 1. The van der Waals surface area contributed by atoms with Gasteiger partial charge in [0.05, 0.1) is 12.8 Å². The van der Waals surface area contributed by atoms with Crippen molar-refractivity contribution >= 4 is 40.3 Å². The maximum atomic E-state index is 11.4. The SMILES string of the molecule is CCOC(=O)c1csc(N/N=C/c2ccc(Cl)cc2)n1. The minimum Gasteiger partial charge on any atom is -0.461 e. The summed E-state index contributed by atoms with van der Waals surface area (Å²) in [5.74, 6) is -0.432. The summed E-state index contributed by atoms with van der Waals surface area (Å²) in [6.45, 7) is 2.08. The fraction of sp³-hybridized carbons (Fsp3) is 0.154. The lowest BCUT2D eigenvalue weighted by Gasteiger charge is -1.96. The first-order valence-corrected chi connectivity index (χ1v) is 7.12. The zero-order valence-electron chi connectivity index (χ0n) is 10.7. The Bertz CT molecular complexity index is 610. The molecule has 2 aromatic rings. The van der Waals surface area contributed by atoms with Crippen molar-refractivity contribution in [1.29, 1.82) is 0 Å². The van der Waals surface area contributed by atoms with E-state index in [9.17, 15) is 4.79 Å². The van der Waals surface area contributed by atoms with Gasteiger partial charge in [-0.15, -0.1) is 11.3 Å². The zero-order valence-corrected chi connectivity index (χ0v) is 12.2. The van der Waals surface area contributed by atoms with E-state index in [1.807, 2.05) is 12.1 Å². The average molecular weight is 310 g/mol. The summed E-state index contributed by atoms with van der Waals surface area (Å²) in [6, 6.07) is 7.26. The van der Waals surface area contributed by atoms with Crippen LogP contribution in [-0.4, -0.2) is 23.8 Å². The smallest absolute Gasteiger partial charge is 0.357 e. The van der Waals surface area contributed by atoms with E-state index in [2.05, 4.69) is 15.5 Å². The molecule has 0 fully saturated rings. The number of carbonyl (C=O) groups is 1. The van der Waals surface area contributed by atoms with Gasteiger partial charge >= 0.3 is 5.97 Å². The topological polar surface area (TPSA) is 63.6 Å². The van der Waals surface area contributed by atoms with Crippen molar-refractivity contribution in [1.82, 2.24) is 4.98 Å². The number of aromatic nitrogens is 1. The third kappa shape index (κ3) is 4.04. The summed E-state index contributed by atoms with van der Waals surface area (Å²) in [5.41, 5.74) is 3.95. The highest BCUT2D eigenvalue weighted by atomic mass is 35.5. The Morgan fingerprint density at radius 3 is 2.95 bits per heavy atom. The molecule has 0 spiro atoms. The molecule has 2 rings (SSSR count). The maximum Gasteiger partial charge on any atom is 0.357 e. The average Bonchev–Trinajstić information content (AvgIpc) is 2.90. The number of rotatable bonds is 5. The number of thiazole rings is 1. The van der Waals surface area contributed by atoms with Crippen molar-refractivity contribution in [2.24, 2.45) is 5.10 Å². The van der Waals surface area contributed by atoms with Crippen LogP contribution in [0, 0.1) is 0 Å². The normalized spacial score (nSPS) is 10.7. The Kier molecular flexibility index (Phi) is 5.09. The van der Waals surface area contributed by atoms with Crippen molar-refractivity contribution in [3.8, 4) is 0 Å². The molecule has 1 heterocycles. The summed E-state index contributed by atoms with van der Waals surface area (Å²) < 4.78 is 4.85. The molecule has 20 heavy (non-hydrogen) atoms. The molecule has 0 bridgehead atoms. The molecule has 0 saturated heterocycles. The maximum absolute atomic E-state index is 11.4. The van der Waals surface area contributed by atoms with Crippen molar-refractivity contribution in [2.75, 3.05) is 12.0 Å². The Hall–Kier alpha value is -1.92. The van der Waals surface area contributed by atoms with Gasteiger partial charge in [-0.2, -0.15) is 5.10 Å². The van der Waals surface area contributed by atoms with Crippen LogP contribution < -0.4 is 5.43 Å². The number of anilines is 1. The van der Waals surface area contributed by atoms with Crippen molar-refractivity contribution in [2.45, 2.75) is 6.92 Å². The standard InChI is InChI=1S/C13H12ClN3O2S/c1-2-19-12(18)11-8-20-13(16-11)17-15-7-9-3-5-10(14)6-4-9/h3-8H,2H2,1H3,(H,16,17)/b15-7+. The molecule has 7 heteroatoms. The van der Waals surface area contributed by atoms with Crippen LogP contribution >= 0.6 is 22.9 Å². The second-order valence-corrected chi connectivity index (χ2v) is 4.97. The largest absolute Gasteiger partial charge is 0.461 e. The van der Waals surface area contributed by atoms with Crippen molar-refractivity contribution in [3.63, 3.8) is 0 Å². The molecule has 0 atom stereocenters. The van der Waals surface area contributed by atoms with Crippen molar-refractivity contribution < 1.29 is 9.53 Å². The molecule has 0 saturated carbocycles. The van der Waals surface area contributed by atoms with Crippen LogP contribution in [0.5, 0.6) is 0 Å². The quantitative estimate of drug-likeness (QED) is 0.522. The van der Waals surface area contributed by atoms with Gasteiger partial charge in [-0.25, -0.2) is 9.78 Å². The predicted molar refractivity (Wildman–Crippen MR) is 80.7 cm³/mol. The molecular formula is C13H12ClN3O2S. The first-order chi connectivity index (χ1) is 9.69. The molecule has 0 aliphatic heterocycles. The Labute approximate surface area is 125 Å². The van der Waals surface area contributed by atoms with Gasteiger partial charge < -0.3 is 4.74 Å². The van der Waals surface area contributed by atoms with E-state index in [0.29, 0.717) is 16.8 Å². The van der Waals surface area contributed by atoms with Crippen LogP contribution in [0.1, 0.15) is 23.0 Å². The van der Waals surface area contributed by atoms with Gasteiger partial charge in [0, 0.05) is 10.4 Å². The third-order valence-corrected chi connectivity index (χ3v) is 3.23. The Morgan fingerprint density at radius 1 is 1.50 bits per heavy atom. The number of hydrazone groups is 1. The van der Waals surface area contributed by atoms with Crippen LogP contribution in [0.4, 0.5) is 5.13 Å². The second-order valence-electron chi connectivity index (χ2n) is 3.68. The van der Waals surface area contributed by atoms with Gasteiger partial charge in [0.25, 0.3) is 0 Å². The Balaban J connectivity index is 1.94. The summed E-state index contributed by atoms with van der Waals surface area (Å²) in [7, 11) is 0. The molecule has 0 amide bonds. The van der Waals surface area contributed by atoms with Gasteiger partial charge in [-0.3, -0.25) is 5.43 Å². The zero-order chi connectivity index (χ0) is 14.4. The first-order valence-electron chi connectivity index (χ1n) is 5.86. The molecule has 5 nitrogen and oxygen atoms in total. The number of nitrogens with zero attached hydrogens (tertiary/aromatic N) is 2. The molecule has 0 unspecified atom stereocenters. The number of nitrogens with one attached hydrogen (secondary N) is 1. The van der Waals surface area contributed by atoms with Crippen molar-refractivity contribution in [3.05, 3.63) is 45.9 Å². The van der Waals surface area contributed by atoms with Gasteiger partial charge in [-0.05, 0) is 24.6 Å². The molecular weight excluding hydrogens is 298 g/mol. The molecule has 104 valence electrons. The molecule has 0 radical (unpaired) electrons. The fourth-order valence-corrected chi connectivity index (χ4v) is 2.09. The van der Waals surface area contributed by atoms with Gasteiger partial charge in [-0.1, -0.05) is 23.7 Å². The highest BCUT2D eigenvalue weighted by Gasteiger charge is 2.10. The lowest BCUT2D eigenvalue weighted by atomic mass is 10.2. The number of halogens is 1. The van der Waals surface area contributed by atoms with E-state index in [-0.39, 0.29) is 5.69 Å². The highest BCUT2D eigenvalue weighted by molar-refractivity contribution is 7.13. The number of benzene rings is 1. The fourth-order valence-electron chi connectivity index (χ4n) is 1.33. The molecule has 1 aromatic carbocycles.